The summed E-state index contributed by atoms with van der Waals surface area (Å²) in [5.41, 5.74) is 0. The summed E-state index contributed by atoms with van der Waals surface area (Å²) in [5, 5.41) is 9.73. The van der Waals surface area contributed by atoms with Crippen LogP contribution in [0.1, 0.15) is 19.3 Å². The molecule has 2 N–H and O–H groups in total. The SMILES string of the molecule is CN1[C-]=C([NH+]2CCCCC2)S(=O)C1=CC(=O)O. The second-order valence-corrected chi connectivity index (χ2v) is 5.62. The van der Waals surface area contributed by atoms with Crippen molar-refractivity contribution in [3.8, 4) is 0 Å². The molecule has 0 aliphatic carbocycles. The van der Waals surface area contributed by atoms with Gasteiger partial charge in [-0.1, -0.05) is 6.20 Å². The summed E-state index contributed by atoms with van der Waals surface area (Å²) in [5.74, 6) is -1.07. The fourth-order valence-electron chi connectivity index (χ4n) is 2.15. The Balaban J connectivity index is 2.18. The van der Waals surface area contributed by atoms with E-state index in [0.29, 0.717) is 10.1 Å². The van der Waals surface area contributed by atoms with Gasteiger partial charge in [0.15, 0.2) is 0 Å². The Labute approximate surface area is 103 Å². The number of quaternary nitrogens is 1. The molecule has 94 valence electrons. The van der Waals surface area contributed by atoms with Crippen LogP contribution >= 0.6 is 0 Å². The van der Waals surface area contributed by atoms with Crippen LogP contribution in [0.4, 0.5) is 0 Å². The number of piperidine rings is 1. The first-order valence-corrected chi connectivity index (χ1v) is 6.83. The van der Waals surface area contributed by atoms with Crippen LogP contribution in [0.25, 0.3) is 0 Å². The molecule has 2 heterocycles. The van der Waals surface area contributed by atoms with Gasteiger partial charge in [-0.25, -0.2) is 4.79 Å². The van der Waals surface area contributed by atoms with Crippen LogP contribution in [-0.4, -0.2) is 40.3 Å². The van der Waals surface area contributed by atoms with Crippen molar-refractivity contribution in [2.75, 3.05) is 20.1 Å². The van der Waals surface area contributed by atoms with Gasteiger partial charge in [0.1, 0.15) is 5.03 Å². The summed E-state index contributed by atoms with van der Waals surface area (Å²) < 4.78 is 12.2. The van der Waals surface area contributed by atoms with Gasteiger partial charge in [-0.2, -0.15) is 0 Å². The number of carbonyl (C=O) groups is 1. The third-order valence-electron chi connectivity index (χ3n) is 3.00. The zero-order valence-corrected chi connectivity index (χ0v) is 10.5. The maximum atomic E-state index is 12.2. The van der Waals surface area contributed by atoms with Crippen LogP contribution in [0, 0.1) is 6.20 Å². The van der Waals surface area contributed by atoms with E-state index in [2.05, 4.69) is 6.20 Å². The van der Waals surface area contributed by atoms with Crippen molar-refractivity contribution in [2.24, 2.45) is 0 Å². The fraction of sp³-hybridized carbons (Fsp3) is 0.545. The first-order chi connectivity index (χ1) is 8.09. The van der Waals surface area contributed by atoms with Crippen LogP contribution in [0.5, 0.6) is 0 Å². The zero-order valence-electron chi connectivity index (χ0n) is 9.73. The smallest absolute Gasteiger partial charge is 0.312 e. The molecule has 0 aromatic heterocycles. The first-order valence-electron chi connectivity index (χ1n) is 5.68. The lowest BCUT2D eigenvalue weighted by atomic mass is 10.1. The largest absolute Gasteiger partial charge is 0.500 e. The van der Waals surface area contributed by atoms with E-state index in [9.17, 15) is 9.00 Å². The molecule has 2 aliphatic rings. The molecule has 0 aromatic rings. The van der Waals surface area contributed by atoms with Crippen molar-refractivity contribution in [1.29, 1.82) is 0 Å². The molecule has 0 amide bonds. The van der Waals surface area contributed by atoms with E-state index in [1.165, 1.54) is 16.2 Å². The van der Waals surface area contributed by atoms with Crippen molar-refractivity contribution < 1.29 is 19.0 Å². The standard InChI is InChI=1S/C11H15N2O3S/c1-12-8-10(13-5-3-2-4-6-13)17(16)9(12)7-11(14)15/h7H,2-6H2,1H3,(H,14,15)/q-1/p+1. The van der Waals surface area contributed by atoms with Crippen molar-refractivity contribution in [2.45, 2.75) is 19.3 Å². The lowest BCUT2D eigenvalue weighted by Gasteiger charge is -2.25. The molecule has 2 aliphatic heterocycles. The molecular formula is C11H16N2O3S. The predicted octanol–water partition coefficient (Wildman–Crippen LogP) is -0.723. The average molecular weight is 256 g/mol. The molecule has 0 spiro atoms. The van der Waals surface area contributed by atoms with Gasteiger partial charge in [0, 0.05) is 0 Å². The Morgan fingerprint density at radius 2 is 2.12 bits per heavy atom. The number of carboxylic acids is 1. The van der Waals surface area contributed by atoms with E-state index in [1.54, 1.807) is 7.05 Å². The topological polar surface area (TPSA) is 62.0 Å². The van der Waals surface area contributed by atoms with E-state index in [1.807, 2.05) is 0 Å². The quantitative estimate of drug-likeness (QED) is 0.505. The monoisotopic (exact) mass is 256 g/mol. The average Bonchev–Trinajstić information content (AvgIpc) is 2.58. The molecule has 0 bridgehead atoms. The third-order valence-corrected chi connectivity index (χ3v) is 4.52. The molecule has 17 heavy (non-hydrogen) atoms. The summed E-state index contributed by atoms with van der Waals surface area (Å²) in [6, 6.07) is 0. The highest BCUT2D eigenvalue weighted by molar-refractivity contribution is 7.92. The fourth-order valence-corrected chi connectivity index (χ4v) is 3.55. The van der Waals surface area contributed by atoms with Gasteiger partial charge >= 0.3 is 5.97 Å². The number of hydrogen-bond acceptors (Lipinski definition) is 3. The number of likely N-dealkylation sites (tertiary alicyclic amines) is 1. The van der Waals surface area contributed by atoms with E-state index in [0.717, 1.165) is 32.0 Å². The molecular weight excluding hydrogens is 240 g/mol. The van der Waals surface area contributed by atoms with Crippen LogP contribution < -0.4 is 4.90 Å². The van der Waals surface area contributed by atoms with Crippen molar-refractivity contribution in [3.63, 3.8) is 0 Å². The van der Waals surface area contributed by atoms with Gasteiger partial charge in [-0.05, 0) is 37.4 Å². The maximum absolute atomic E-state index is 12.2. The summed E-state index contributed by atoms with van der Waals surface area (Å²) in [7, 11) is 0.312. The molecule has 1 saturated heterocycles. The van der Waals surface area contributed by atoms with E-state index in [-0.39, 0.29) is 0 Å². The number of carboxylic acid groups (broad SMARTS) is 1. The van der Waals surface area contributed by atoms with Crippen LogP contribution in [-0.2, 0) is 15.6 Å². The second-order valence-electron chi connectivity index (χ2n) is 4.25. The molecule has 6 heteroatoms. The highest BCUT2D eigenvalue weighted by Gasteiger charge is 2.25. The van der Waals surface area contributed by atoms with Gasteiger partial charge in [-0.15, -0.1) is 0 Å². The molecule has 0 aromatic carbocycles. The minimum absolute atomic E-state index is 0.311. The van der Waals surface area contributed by atoms with Crippen molar-refractivity contribution in [1.82, 2.24) is 4.90 Å². The van der Waals surface area contributed by atoms with Crippen LogP contribution in [0.2, 0.25) is 0 Å². The molecule has 1 fully saturated rings. The summed E-state index contributed by atoms with van der Waals surface area (Å²) >= 11 is 0. The van der Waals surface area contributed by atoms with Gasteiger partial charge in [-0.3, -0.25) is 4.21 Å². The Kier molecular flexibility index (Phi) is 3.63. The number of nitrogens with zero attached hydrogens (tertiary/aromatic N) is 1. The van der Waals surface area contributed by atoms with E-state index in [4.69, 9.17) is 5.11 Å². The van der Waals surface area contributed by atoms with E-state index < -0.39 is 16.8 Å². The number of rotatable bonds is 2. The highest BCUT2D eigenvalue weighted by Crippen LogP contribution is 2.20. The minimum atomic E-state index is -1.37. The summed E-state index contributed by atoms with van der Waals surface area (Å²) in [6.45, 7) is 1.92. The summed E-state index contributed by atoms with van der Waals surface area (Å²) in [4.78, 5) is 13.4. The molecule has 1 unspecified atom stereocenters. The Morgan fingerprint density at radius 1 is 1.47 bits per heavy atom. The molecule has 0 radical (unpaired) electrons. The van der Waals surface area contributed by atoms with Gasteiger partial charge in [0.05, 0.1) is 23.9 Å². The Bertz CT molecular complexity index is 411. The normalized spacial score (nSPS) is 28.5. The molecule has 1 atom stereocenters. The number of aliphatic carboxylic acids is 1. The van der Waals surface area contributed by atoms with E-state index >= 15 is 0 Å². The van der Waals surface area contributed by atoms with Gasteiger partial charge in [0.25, 0.3) is 0 Å². The Morgan fingerprint density at radius 3 is 2.71 bits per heavy atom. The number of nitrogens with one attached hydrogen (secondary N) is 1. The van der Waals surface area contributed by atoms with Crippen molar-refractivity contribution in [3.05, 3.63) is 22.3 Å². The lowest BCUT2D eigenvalue weighted by molar-refractivity contribution is -0.858. The highest BCUT2D eigenvalue weighted by atomic mass is 32.2. The van der Waals surface area contributed by atoms with Crippen molar-refractivity contribution >= 4 is 16.8 Å². The van der Waals surface area contributed by atoms with Gasteiger partial charge in [0.2, 0.25) is 0 Å². The first kappa shape index (κ1) is 12.3. The van der Waals surface area contributed by atoms with Crippen LogP contribution in [0.3, 0.4) is 0 Å². The summed E-state index contributed by atoms with van der Waals surface area (Å²) in [6.07, 6.45) is 7.48. The molecule has 2 rings (SSSR count). The molecule has 0 saturated carbocycles. The third kappa shape index (κ3) is 2.58. The lowest BCUT2D eigenvalue weighted by Crippen LogP contribution is -3.11. The zero-order chi connectivity index (χ0) is 12.4. The van der Waals surface area contributed by atoms with Crippen LogP contribution in [0.15, 0.2) is 16.1 Å². The minimum Gasteiger partial charge on any atom is -0.500 e. The Hall–Kier alpha value is -1.14. The predicted molar refractivity (Wildman–Crippen MR) is 62.9 cm³/mol. The second kappa shape index (κ2) is 5.01. The molecule has 5 nitrogen and oxygen atoms in total. The number of hydrogen-bond donors (Lipinski definition) is 2. The maximum Gasteiger partial charge on any atom is 0.312 e. The van der Waals surface area contributed by atoms with Gasteiger partial charge < -0.3 is 14.9 Å².